The number of hydrogen-bond donors (Lipinski definition) is 1. The molecule has 1 aliphatic rings. The molecule has 0 bridgehead atoms. The molecule has 0 atom stereocenters. The number of aromatic amines is 1. The van der Waals surface area contributed by atoms with E-state index in [1.54, 1.807) is 6.20 Å². The average Bonchev–Trinajstić information content (AvgIpc) is 2.00. The van der Waals surface area contributed by atoms with Crippen LogP contribution in [0.2, 0.25) is 0 Å². The first-order valence-corrected chi connectivity index (χ1v) is 4.50. The van der Waals surface area contributed by atoms with E-state index in [9.17, 15) is 9.18 Å². The second-order valence-corrected chi connectivity index (χ2v) is 3.65. The molecule has 0 spiro atoms. The lowest BCUT2D eigenvalue weighted by molar-refractivity contribution is 0.178. The van der Waals surface area contributed by atoms with Gasteiger partial charge in [-0.3, -0.25) is 4.79 Å². The predicted molar refractivity (Wildman–Crippen MR) is 48.7 cm³/mol. The van der Waals surface area contributed by atoms with Crippen LogP contribution in [0.4, 0.5) is 4.39 Å². The van der Waals surface area contributed by atoms with Crippen LogP contribution in [0.5, 0.6) is 0 Å². The van der Waals surface area contributed by atoms with Crippen molar-refractivity contribution in [2.24, 2.45) is 0 Å². The first kappa shape index (κ1) is 8.48. The topological polar surface area (TPSA) is 32.9 Å². The van der Waals surface area contributed by atoms with Crippen LogP contribution >= 0.6 is 0 Å². The van der Waals surface area contributed by atoms with E-state index >= 15 is 0 Å². The Morgan fingerprint density at radius 3 is 2.77 bits per heavy atom. The molecular formula is C10H12FNO. The average molecular weight is 181 g/mol. The van der Waals surface area contributed by atoms with E-state index < -0.39 is 6.17 Å². The van der Waals surface area contributed by atoms with Crippen molar-refractivity contribution in [3.63, 3.8) is 0 Å². The number of pyridine rings is 1. The molecule has 0 saturated heterocycles. The van der Waals surface area contributed by atoms with Gasteiger partial charge in [0.1, 0.15) is 6.17 Å². The van der Waals surface area contributed by atoms with E-state index in [-0.39, 0.29) is 11.3 Å². The zero-order chi connectivity index (χ0) is 9.42. The zero-order valence-corrected chi connectivity index (χ0v) is 7.51. The summed E-state index contributed by atoms with van der Waals surface area (Å²) in [5.74, 6) is 0.139. The molecule has 2 rings (SSSR count). The smallest absolute Gasteiger partial charge is 0.185 e. The molecule has 1 fully saturated rings. The van der Waals surface area contributed by atoms with Crippen molar-refractivity contribution in [1.82, 2.24) is 4.98 Å². The Kier molecular flexibility index (Phi) is 1.94. The number of halogens is 1. The van der Waals surface area contributed by atoms with E-state index in [2.05, 4.69) is 4.98 Å². The molecule has 3 heteroatoms. The number of aryl methyl sites for hydroxylation is 1. The number of aromatic nitrogens is 1. The van der Waals surface area contributed by atoms with Crippen molar-refractivity contribution in [3.05, 3.63) is 33.7 Å². The van der Waals surface area contributed by atoms with Gasteiger partial charge in [0, 0.05) is 23.5 Å². The van der Waals surface area contributed by atoms with Crippen LogP contribution in [-0.2, 0) is 0 Å². The Labute approximate surface area is 75.8 Å². The van der Waals surface area contributed by atoms with Gasteiger partial charge in [-0.05, 0) is 25.7 Å². The van der Waals surface area contributed by atoms with E-state index in [0.29, 0.717) is 12.8 Å². The fourth-order valence-electron chi connectivity index (χ4n) is 1.89. The summed E-state index contributed by atoms with van der Waals surface area (Å²) in [6.45, 7) is 1.86. The maximum absolute atomic E-state index is 12.6. The molecule has 1 aliphatic carbocycles. The first-order chi connectivity index (χ1) is 6.18. The van der Waals surface area contributed by atoms with Gasteiger partial charge in [0.15, 0.2) is 5.43 Å². The van der Waals surface area contributed by atoms with Crippen molar-refractivity contribution >= 4 is 0 Å². The minimum absolute atomic E-state index is 0.0353. The molecule has 70 valence electrons. The third-order valence-electron chi connectivity index (χ3n) is 2.69. The second kappa shape index (κ2) is 2.98. The van der Waals surface area contributed by atoms with Gasteiger partial charge in [-0.1, -0.05) is 0 Å². The molecular weight excluding hydrogens is 169 g/mol. The zero-order valence-electron chi connectivity index (χ0n) is 7.51. The maximum atomic E-state index is 12.6. The second-order valence-electron chi connectivity index (χ2n) is 3.65. The van der Waals surface area contributed by atoms with Crippen LogP contribution in [0.25, 0.3) is 0 Å². The molecule has 0 radical (unpaired) electrons. The Hall–Kier alpha value is -1.12. The Morgan fingerprint density at radius 2 is 2.23 bits per heavy atom. The van der Waals surface area contributed by atoms with Gasteiger partial charge in [-0.25, -0.2) is 4.39 Å². The van der Waals surface area contributed by atoms with Gasteiger partial charge in [0.2, 0.25) is 0 Å². The van der Waals surface area contributed by atoms with Gasteiger partial charge in [-0.2, -0.15) is 0 Å². The molecule has 13 heavy (non-hydrogen) atoms. The van der Waals surface area contributed by atoms with E-state index in [1.807, 2.05) is 6.92 Å². The quantitative estimate of drug-likeness (QED) is 0.705. The highest BCUT2D eigenvalue weighted by Crippen LogP contribution is 2.37. The highest BCUT2D eigenvalue weighted by atomic mass is 19.1. The van der Waals surface area contributed by atoms with Crippen molar-refractivity contribution in [1.29, 1.82) is 0 Å². The molecule has 1 aromatic rings. The summed E-state index contributed by atoms with van der Waals surface area (Å²) in [7, 11) is 0. The number of rotatable bonds is 1. The third kappa shape index (κ3) is 1.39. The summed E-state index contributed by atoms with van der Waals surface area (Å²) in [6.07, 6.45) is 1.94. The fourth-order valence-corrected chi connectivity index (χ4v) is 1.89. The molecule has 0 unspecified atom stereocenters. The first-order valence-electron chi connectivity index (χ1n) is 4.50. The molecule has 1 heterocycles. The van der Waals surface area contributed by atoms with Crippen molar-refractivity contribution < 1.29 is 4.39 Å². The minimum Gasteiger partial charge on any atom is -0.365 e. The van der Waals surface area contributed by atoms with Crippen molar-refractivity contribution in [3.8, 4) is 0 Å². The summed E-state index contributed by atoms with van der Waals surface area (Å²) in [5.41, 5.74) is 1.69. The standard InChI is InChI=1S/C10H12FNO/c1-6-10(7-4-8(11)5-7)9(13)2-3-12-6/h2-3,7-8H,4-5H2,1H3,(H,12,13). The third-order valence-corrected chi connectivity index (χ3v) is 2.69. The van der Waals surface area contributed by atoms with Gasteiger partial charge >= 0.3 is 0 Å². The monoisotopic (exact) mass is 181 g/mol. The van der Waals surface area contributed by atoms with Gasteiger partial charge < -0.3 is 4.98 Å². The van der Waals surface area contributed by atoms with E-state index in [4.69, 9.17) is 0 Å². The van der Waals surface area contributed by atoms with E-state index in [0.717, 1.165) is 11.3 Å². The van der Waals surface area contributed by atoms with Gasteiger partial charge in [-0.15, -0.1) is 0 Å². The SMILES string of the molecule is Cc1[nH]ccc(=O)c1C1CC(F)C1. The lowest BCUT2D eigenvalue weighted by atomic mass is 9.78. The Balaban J connectivity index is 2.35. The summed E-state index contributed by atoms with van der Waals surface area (Å²) in [5, 5.41) is 0. The van der Waals surface area contributed by atoms with Gasteiger partial charge in [0.05, 0.1) is 0 Å². The molecule has 1 aromatic heterocycles. The maximum Gasteiger partial charge on any atom is 0.185 e. The van der Waals surface area contributed by atoms with Crippen molar-refractivity contribution in [2.45, 2.75) is 31.9 Å². The summed E-state index contributed by atoms with van der Waals surface area (Å²) >= 11 is 0. The van der Waals surface area contributed by atoms with Crippen LogP contribution in [0.15, 0.2) is 17.1 Å². The fraction of sp³-hybridized carbons (Fsp3) is 0.500. The molecule has 0 amide bonds. The van der Waals surface area contributed by atoms with Crippen molar-refractivity contribution in [2.75, 3.05) is 0 Å². The van der Waals surface area contributed by atoms with Gasteiger partial charge in [0.25, 0.3) is 0 Å². The molecule has 0 aliphatic heterocycles. The van der Waals surface area contributed by atoms with Crippen LogP contribution in [0, 0.1) is 6.92 Å². The minimum atomic E-state index is -0.705. The summed E-state index contributed by atoms with van der Waals surface area (Å²) in [6, 6.07) is 1.51. The highest BCUT2D eigenvalue weighted by molar-refractivity contribution is 5.25. The lowest BCUT2D eigenvalue weighted by Crippen LogP contribution is -2.28. The normalized spacial score (nSPS) is 26.9. The molecule has 1 N–H and O–H groups in total. The lowest BCUT2D eigenvalue weighted by Gasteiger charge is -2.30. The largest absolute Gasteiger partial charge is 0.365 e. The van der Waals surface area contributed by atoms with E-state index in [1.165, 1.54) is 6.07 Å². The molecule has 1 saturated carbocycles. The Morgan fingerprint density at radius 1 is 1.54 bits per heavy atom. The molecule has 2 nitrogen and oxygen atoms in total. The molecule has 0 aromatic carbocycles. The number of hydrogen-bond acceptors (Lipinski definition) is 1. The predicted octanol–water partition coefficient (Wildman–Crippen LogP) is 1.90. The van der Waals surface area contributed by atoms with Crippen LogP contribution in [-0.4, -0.2) is 11.2 Å². The number of nitrogens with one attached hydrogen (secondary N) is 1. The number of H-pyrrole nitrogens is 1. The summed E-state index contributed by atoms with van der Waals surface area (Å²) in [4.78, 5) is 14.4. The van der Waals surface area contributed by atoms with Crippen LogP contribution < -0.4 is 5.43 Å². The summed E-state index contributed by atoms with van der Waals surface area (Å²) < 4.78 is 12.6. The Bertz CT molecular complexity index is 365. The van der Waals surface area contributed by atoms with Crippen LogP contribution in [0.1, 0.15) is 30.0 Å². The highest BCUT2D eigenvalue weighted by Gasteiger charge is 2.32. The van der Waals surface area contributed by atoms with Crippen LogP contribution in [0.3, 0.4) is 0 Å². The number of alkyl halides is 1.